The van der Waals surface area contributed by atoms with Crippen molar-refractivity contribution in [3.05, 3.63) is 18.2 Å². The second kappa shape index (κ2) is 5.80. The summed E-state index contributed by atoms with van der Waals surface area (Å²) in [7, 11) is 0. The van der Waals surface area contributed by atoms with Crippen LogP contribution in [-0.4, -0.2) is 12.2 Å². The lowest BCUT2D eigenvalue weighted by Gasteiger charge is -2.25. The normalized spacial score (nSPS) is 11.3. The largest absolute Gasteiger partial charge is 0.493 e. The Hall–Kier alpha value is -1.38. The fourth-order valence-corrected chi connectivity index (χ4v) is 1.35. The first-order chi connectivity index (χ1) is 7.96. The molecular formula is C14H23NO2. The zero-order chi connectivity index (χ0) is 12.9. The molecule has 0 fully saturated rings. The Balaban J connectivity index is 2.82. The molecule has 0 heterocycles. The van der Waals surface area contributed by atoms with Crippen LogP contribution in [0.25, 0.3) is 0 Å². The monoisotopic (exact) mass is 237 g/mol. The van der Waals surface area contributed by atoms with Gasteiger partial charge in [0.2, 0.25) is 0 Å². The van der Waals surface area contributed by atoms with Gasteiger partial charge in [0.05, 0.1) is 6.61 Å². The van der Waals surface area contributed by atoms with E-state index in [0.29, 0.717) is 12.3 Å². The standard InChI is InChI=1S/C14H23NO2/c1-5-7-16-12-8-11(15)9-13(10-12)17-14(3,4)6-2/h8-10H,5-7,15H2,1-4H3. The maximum absolute atomic E-state index is 5.89. The topological polar surface area (TPSA) is 44.5 Å². The first kappa shape index (κ1) is 13.7. The molecule has 0 aliphatic rings. The van der Waals surface area contributed by atoms with Gasteiger partial charge < -0.3 is 15.2 Å². The fraction of sp³-hybridized carbons (Fsp3) is 0.571. The molecule has 2 N–H and O–H groups in total. The second-order valence-electron chi connectivity index (χ2n) is 4.80. The molecular weight excluding hydrogens is 214 g/mol. The van der Waals surface area contributed by atoms with Gasteiger partial charge in [-0.3, -0.25) is 0 Å². The molecule has 1 aromatic carbocycles. The first-order valence-electron chi connectivity index (χ1n) is 6.19. The van der Waals surface area contributed by atoms with E-state index in [4.69, 9.17) is 15.2 Å². The molecule has 0 unspecified atom stereocenters. The summed E-state index contributed by atoms with van der Waals surface area (Å²) in [6, 6.07) is 5.54. The molecule has 1 rings (SSSR count). The summed E-state index contributed by atoms with van der Waals surface area (Å²) in [5, 5.41) is 0. The minimum absolute atomic E-state index is 0.185. The van der Waals surface area contributed by atoms with Gasteiger partial charge in [-0.15, -0.1) is 0 Å². The van der Waals surface area contributed by atoms with Crippen LogP contribution >= 0.6 is 0 Å². The molecule has 0 spiro atoms. The number of hydrogen-bond acceptors (Lipinski definition) is 3. The highest BCUT2D eigenvalue weighted by molar-refractivity contribution is 5.50. The predicted molar refractivity (Wildman–Crippen MR) is 71.6 cm³/mol. The highest BCUT2D eigenvalue weighted by atomic mass is 16.5. The van der Waals surface area contributed by atoms with E-state index in [-0.39, 0.29) is 5.60 Å². The summed E-state index contributed by atoms with van der Waals surface area (Å²) in [6.45, 7) is 8.98. The van der Waals surface area contributed by atoms with Crippen molar-refractivity contribution in [1.82, 2.24) is 0 Å². The van der Waals surface area contributed by atoms with Crippen molar-refractivity contribution in [3.8, 4) is 11.5 Å². The van der Waals surface area contributed by atoms with E-state index in [1.165, 1.54) is 0 Å². The van der Waals surface area contributed by atoms with Crippen molar-refractivity contribution >= 4 is 5.69 Å². The van der Waals surface area contributed by atoms with Crippen LogP contribution in [0.1, 0.15) is 40.5 Å². The maximum Gasteiger partial charge on any atom is 0.125 e. The Bertz CT molecular complexity index is 361. The summed E-state index contributed by atoms with van der Waals surface area (Å²) in [4.78, 5) is 0. The van der Waals surface area contributed by atoms with E-state index < -0.39 is 0 Å². The summed E-state index contributed by atoms with van der Waals surface area (Å²) >= 11 is 0. The molecule has 0 bridgehead atoms. The van der Waals surface area contributed by atoms with Crippen LogP contribution in [0.2, 0.25) is 0 Å². The highest BCUT2D eigenvalue weighted by Gasteiger charge is 2.17. The zero-order valence-corrected chi connectivity index (χ0v) is 11.2. The van der Waals surface area contributed by atoms with E-state index in [2.05, 4.69) is 27.7 Å². The van der Waals surface area contributed by atoms with E-state index in [1.807, 2.05) is 18.2 Å². The van der Waals surface area contributed by atoms with Gasteiger partial charge in [0.15, 0.2) is 0 Å². The number of nitrogen functional groups attached to an aromatic ring is 1. The Labute approximate surface area is 104 Å². The smallest absolute Gasteiger partial charge is 0.125 e. The van der Waals surface area contributed by atoms with Crippen LogP contribution in [0.4, 0.5) is 5.69 Å². The number of benzene rings is 1. The third-order valence-corrected chi connectivity index (χ3v) is 2.62. The maximum atomic E-state index is 5.89. The van der Waals surface area contributed by atoms with E-state index >= 15 is 0 Å². The molecule has 0 aliphatic heterocycles. The lowest BCUT2D eigenvalue weighted by Crippen LogP contribution is -2.26. The summed E-state index contributed by atoms with van der Waals surface area (Å²) in [6.07, 6.45) is 1.92. The minimum atomic E-state index is -0.185. The third-order valence-electron chi connectivity index (χ3n) is 2.62. The first-order valence-corrected chi connectivity index (χ1v) is 6.19. The van der Waals surface area contributed by atoms with Crippen molar-refractivity contribution in [2.75, 3.05) is 12.3 Å². The zero-order valence-electron chi connectivity index (χ0n) is 11.2. The van der Waals surface area contributed by atoms with Gasteiger partial charge in [0.1, 0.15) is 17.1 Å². The molecule has 1 aromatic rings. The van der Waals surface area contributed by atoms with Crippen LogP contribution in [0, 0.1) is 0 Å². The van der Waals surface area contributed by atoms with Crippen LogP contribution in [0.5, 0.6) is 11.5 Å². The third kappa shape index (κ3) is 4.55. The van der Waals surface area contributed by atoms with Crippen LogP contribution in [0.3, 0.4) is 0 Å². The van der Waals surface area contributed by atoms with Gasteiger partial charge in [0, 0.05) is 23.9 Å². The Morgan fingerprint density at radius 3 is 2.35 bits per heavy atom. The summed E-state index contributed by atoms with van der Waals surface area (Å²) < 4.78 is 11.5. The number of anilines is 1. The van der Waals surface area contributed by atoms with Crippen LogP contribution in [-0.2, 0) is 0 Å². The van der Waals surface area contributed by atoms with Gasteiger partial charge in [-0.1, -0.05) is 13.8 Å². The predicted octanol–water partition coefficient (Wildman–Crippen LogP) is 3.63. The van der Waals surface area contributed by atoms with Crippen molar-refractivity contribution in [3.63, 3.8) is 0 Å². The lowest BCUT2D eigenvalue weighted by atomic mass is 10.1. The summed E-state index contributed by atoms with van der Waals surface area (Å²) in [5.41, 5.74) is 6.31. The molecule has 3 heteroatoms. The molecule has 0 saturated heterocycles. The van der Waals surface area contributed by atoms with Gasteiger partial charge in [-0.05, 0) is 26.7 Å². The van der Waals surface area contributed by atoms with Crippen molar-refractivity contribution in [2.45, 2.75) is 46.1 Å². The Kier molecular flexibility index (Phi) is 4.67. The molecule has 0 radical (unpaired) electrons. The lowest BCUT2D eigenvalue weighted by molar-refractivity contribution is 0.105. The van der Waals surface area contributed by atoms with Gasteiger partial charge >= 0.3 is 0 Å². The van der Waals surface area contributed by atoms with E-state index in [9.17, 15) is 0 Å². The van der Waals surface area contributed by atoms with Crippen LogP contribution in [0.15, 0.2) is 18.2 Å². The van der Waals surface area contributed by atoms with Gasteiger partial charge in [-0.25, -0.2) is 0 Å². The molecule has 0 aromatic heterocycles. The average molecular weight is 237 g/mol. The molecule has 17 heavy (non-hydrogen) atoms. The van der Waals surface area contributed by atoms with E-state index in [0.717, 1.165) is 24.3 Å². The number of nitrogens with two attached hydrogens (primary N) is 1. The second-order valence-corrected chi connectivity index (χ2v) is 4.80. The van der Waals surface area contributed by atoms with E-state index in [1.54, 1.807) is 0 Å². The van der Waals surface area contributed by atoms with Crippen LogP contribution < -0.4 is 15.2 Å². The van der Waals surface area contributed by atoms with Crippen molar-refractivity contribution in [2.24, 2.45) is 0 Å². The quantitative estimate of drug-likeness (QED) is 0.768. The van der Waals surface area contributed by atoms with Gasteiger partial charge in [-0.2, -0.15) is 0 Å². The molecule has 0 saturated carbocycles. The van der Waals surface area contributed by atoms with Crippen molar-refractivity contribution < 1.29 is 9.47 Å². The average Bonchev–Trinajstić information content (AvgIpc) is 2.25. The molecule has 0 aliphatic carbocycles. The highest BCUT2D eigenvalue weighted by Crippen LogP contribution is 2.28. The summed E-state index contributed by atoms with van der Waals surface area (Å²) in [5.74, 6) is 1.54. The number of hydrogen-bond donors (Lipinski definition) is 1. The molecule has 0 amide bonds. The fourth-order valence-electron chi connectivity index (χ4n) is 1.35. The Morgan fingerprint density at radius 2 is 1.76 bits per heavy atom. The van der Waals surface area contributed by atoms with Gasteiger partial charge in [0.25, 0.3) is 0 Å². The minimum Gasteiger partial charge on any atom is -0.493 e. The molecule has 96 valence electrons. The number of rotatable bonds is 6. The Morgan fingerprint density at radius 1 is 1.12 bits per heavy atom. The van der Waals surface area contributed by atoms with Crippen molar-refractivity contribution in [1.29, 1.82) is 0 Å². The SMILES string of the molecule is CCCOc1cc(N)cc(OC(C)(C)CC)c1. The molecule has 0 atom stereocenters. The molecule has 3 nitrogen and oxygen atoms in total. The number of ether oxygens (including phenoxy) is 2.